The second kappa shape index (κ2) is 10.4. The normalized spacial score (nSPS) is 20.3. The molecule has 2 rings (SSSR count). The second-order valence-electron chi connectivity index (χ2n) is 7.63. The van der Waals surface area contributed by atoms with Gasteiger partial charge in [0.25, 0.3) is 0 Å². The number of aliphatic hydroxyl groups excluding tert-OH is 1. The summed E-state index contributed by atoms with van der Waals surface area (Å²) in [5.74, 6) is -2.70. The van der Waals surface area contributed by atoms with Gasteiger partial charge in [-0.15, -0.1) is 0 Å². The van der Waals surface area contributed by atoms with Crippen LogP contribution >= 0.6 is 0 Å². The largest absolute Gasteiger partial charge is 0.481 e. The Hall–Kier alpha value is -2.20. The molecule has 0 heterocycles. The summed E-state index contributed by atoms with van der Waals surface area (Å²) in [5.41, 5.74) is 0.364. The number of halogens is 3. The lowest BCUT2D eigenvalue weighted by Gasteiger charge is -2.22. The molecule has 0 bridgehead atoms. The van der Waals surface area contributed by atoms with Crippen LogP contribution in [0.25, 0.3) is 0 Å². The smallest absolute Gasteiger partial charge is 0.389 e. The van der Waals surface area contributed by atoms with Crippen LogP contribution in [0.5, 0.6) is 0 Å². The summed E-state index contributed by atoms with van der Waals surface area (Å²) in [6, 6.07) is 7.23. The average Bonchev–Trinajstić information content (AvgIpc) is 3.02. The van der Waals surface area contributed by atoms with Gasteiger partial charge in [-0.2, -0.15) is 13.2 Å². The number of carboxylic acids is 1. The molecule has 1 aliphatic carbocycles. The highest BCUT2D eigenvalue weighted by atomic mass is 32.2. The molecule has 10 heteroatoms. The van der Waals surface area contributed by atoms with Crippen LogP contribution in [0.3, 0.4) is 0 Å². The molecule has 3 atom stereocenters. The quantitative estimate of drug-likeness (QED) is 0.384. The van der Waals surface area contributed by atoms with Crippen LogP contribution < -0.4 is 0 Å². The molecule has 0 amide bonds. The molecular formula is C21H25F3O6S. The number of hydrogen-bond acceptors (Lipinski definition) is 5. The Morgan fingerprint density at radius 3 is 2.35 bits per heavy atom. The lowest BCUT2D eigenvalue weighted by atomic mass is 9.91. The molecule has 0 aliphatic heterocycles. The van der Waals surface area contributed by atoms with Gasteiger partial charge in [-0.05, 0) is 37.8 Å². The first-order valence-corrected chi connectivity index (χ1v) is 11.4. The molecule has 1 aromatic carbocycles. The van der Waals surface area contributed by atoms with E-state index in [-0.39, 0.29) is 37.0 Å². The Morgan fingerprint density at radius 1 is 1.13 bits per heavy atom. The predicted octanol–water partition coefficient (Wildman–Crippen LogP) is 3.69. The molecule has 172 valence electrons. The lowest BCUT2D eigenvalue weighted by molar-refractivity contribution is -0.138. The Morgan fingerprint density at radius 2 is 1.77 bits per heavy atom. The van der Waals surface area contributed by atoms with Crippen LogP contribution in [0.1, 0.15) is 44.9 Å². The third-order valence-electron chi connectivity index (χ3n) is 5.32. The summed E-state index contributed by atoms with van der Waals surface area (Å²) in [6.45, 7) is 0. The number of ketones is 1. The molecule has 31 heavy (non-hydrogen) atoms. The molecule has 6 nitrogen and oxygen atoms in total. The van der Waals surface area contributed by atoms with E-state index < -0.39 is 57.9 Å². The summed E-state index contributed by atoms with van der Waals surface area (Å²) in [5, 5.41) is 17.6. The highest BCUT2D eigenvalue weighted by Gasteiger charge is 2.38. The molecule has 0 radical (unpaired) electrons. The van der Waals surface area contributed by atoms with Gasteiger partial charge in [-0.3, -0.25) is 9.59 Å². The number of aliphatic hydroxyl groups is 1. The summed E-state index contributed by atoms with van der Waals surface area (Å²) >= 11 is 0. The Bertz CT molecular complexity index is 909. The van der Waals surface area contributed by atoms with Crippen molar-refractivity contribution in [3.63, 3.8) is 0 Å². The van der Waals surface area contributed by atoms with Crippen molar-refractivity contribution >= 4 is 21.6 Å². The number of alkyl halides is 3. The number of sulfone groups is 1. The molecule has 0 fully saturated rings. The first-order chi connectivity index (χ1) is 14.4. The van der Waals surface area contributed by atoms with Crippen LogP contribution in [0.15, 0.2) is 46.9 Å². The highest BCUT2D eigenvalue weighted by molar-refractivity contribution is 7.92. The summed E-state index contributed by atoms with van der Waals surface area (Å²) in [7, 11) is -4.16. The molecule has 1 aromatic rings. The minimum atomic E-state index is -4.35. The monoisotopic (exact) mass is 462 g/mol. The van der Waals surface area contributed by atoms with E-state index in [1.54, 1.807) is 12.1 Å². The van der Waals surface area contributed by atoms with E-state index in [1.165, 1.54) is 24.3 Å². The minimum Gasteiger partial charge on any atom is -0.481 e. The van der Waals surface area contributed by atoms with Gasteiger partial charge in [0.05, 0.1) is 17.4 Å². The second-order valence-corrected chi connectivity index (χ2v) is 9.76. The number of unbranched alkanes of at least 4 members (excludes halogenated alkanes) is 1. The predicted molar refractivity (Wildman–Crippen MR) is 106 cm³/mol. The van der Waals surface area contributed by atoms with Crippen molar-refractivity contribution in [2.75, 3.05) is 0 Å². The van der Waals surface area contributed by atoms with Gasteiger partial charge in [-0.25, -0.2) is 8.42 Å². The molecule has 2 N–H and O–H groups in total. The van der Waals surface area contributed by atoms with Crippen LogP contribution in [-0.2, 0) is 19.4 Å². The number of benzene rings is 1. The average molecular weight is 462 g/mol. The van der Waals surface area contributed by atoms with E-state index in [4.69, 9.17) is 5.11 Å². The van der Waals surface area contributed by atoms with Crippen molar-refractivity contribution in [1.82, 2.24) is 0 Å². The van der Waals surface area contributed by atoms with E-state index in [0.29, 0.717) is 5.57 Å². The highest BCUT2D eigenvalue weighted by Crippen LogP contribution is 2.35. The Kier molecular flexibility index (Phi) is 8.41. The number of rotatable bonds is 11. The van der Waals surface area contributed by atoms with Crippen LogP contribution in [-0.4, -0.2) is 47.9 Å². The van der Waals surface area contributed by atoms with Crippen molar-refractivity contribution < 1.29 is 41.4 Å². The van der Waals surface area contributed by atoms with Gasteiger partial charge in [0.2, 0.25) is 0 Å². The number of hydrogen-bond donors (Lipinski definition) is 2. The summed E-state index contributed by atoms with van der Waals surface area (Å²) in [6.07, 6.45) is -6.18. The van der Waals surface area contributed by atoms with E-state index in [1.807, 2.05) is 0 Å². The zero-order chi connectivity index (χ0) is 23.2. The molecule has 0 saturated carbocycles. The van der Waals surface area contributed by atoms with Crippen molar-refractivity contribution in [3.8, 4) is 0 Å². The van der Waals surface area contributed by atoms with Gasteiger partial charge >= 0.3 is 12.1 Å². The number of carbonyl (C=O) groups is 2. The van der Waals surface area contributed by atoms with E-state index >= 15 is 0 Å². The number of carbonyl (C=O) groups excluding carboxylic acids is 1. The molecule has 0 aromatic heterocycles. The van der Waals surface area contributed by atoms with Gasteiger partial charge < -0.3 is 10.2 Å². The fraction of sp³-hybridized carbons (Fsp3) is 0.524. The SMILES string of the molecule is O=C(O)CC1C(CC(C(=O)CCCCC(F)(F)F)S(=O)(=O)c2ccccc2)=CCC1O. The topological polar surface area (TPSA) is 109 Å². The van der Waals surface area contributed by atoms with Crippen molar-refractivity contribution in [2.45, 2.75) is 67.4 Å². The van der Waals surface area contributed by atoms with E-state index in [2.05, 4.69) is 0 Å². The third-order valence-corrected chi connectivity index (χ3v) is 7.42. The van der Waals surface area contributed by atoms with E-state index in [0.717, 1.165) is 0 Å². The first-order valence-electron chi connectivity index (χ1n) is 9.89. The molecule has 1 aliphatic rings. The van der Waals surface area contributed by atoms with Gasteiger partial charge in [0, 0.05) is 18.8 Å². The maximum atomic E-state index is 13.2. The van der Waals surface area contributed by atoms with E-state index in [9.17, 15) is 36.3 Å². The molecule has 3 unspecified atom stereocenters. The number of Topliss-reactive ketones (excluding diaryl/α,β-unsaturated/α-hetero) is 1. The lowest BCUT2D eigenvalue weighted by Crippen LogP contribution is -2.32. The third kappa shape index (κ3) is 7.17. The van der Waals surface area contributed by atoms with Crippen molar-refractivity contribution in [1.29, 1.82) is 0 Å². The Labute approximate surface area is 178 Å². The Balaban J connectivity index is 2.24. The number of carboxylic acid groups (broad SMARTS) is 1. The molecular weight excluding hydrogens is 437 g/mol. The van der Waals surface area contributed by atoms with Crippen molar-refractivity contribution in [3.05, 3.63) is 42.0 Å². The zero-order valence-electron chi connectivity index (χ0n) is 16.7. The van der Waals surface area contributed by atoms with Gasteiger partial charge in [0.1, 0.15) is 5.25 Å². The van der Waals surface area contributed by atoms with Crippen LogP contribution in [0.2, 0.25) is 0 Å². The standard InChI is InChI=1S/C21H25F3O6S/c22-21(23,24)11-5-4-8-18(26)19(31(29,30)15-6-2-1-3-7-15)12-14-9-10-17(25)16(14)13-20(27)28/h1-3,6-7,9,16-17,19,25H,4-5,8,10-13H2,(H,27,28). The van der Waals surface area contributed by atoms with Gasteiger partial charge in [0.15, 0.2) is 15.6 Å². The van der Waals surface area contributed by atoms with Gasteiger partial charge in [-0.1, -0.05) is 29.8 Å². The van der Waals surface area contributed by atoms with Crippen LogP contribution in [0.4, 0.5) is 13.2 Å². The maximum Gasteiger partial charge on any atom is 0.389 e. The summed E-state index contributed by atoms with van der Waals surface area (Å²) in [4.78, 5) is 23.8. The molecule has 0 spiro atoms. The molecule has 0 saturated heterocycles. The minimum absolute atomic E-state index is 0.0995. The summed E-state index contributed by atoms with van der Waals surface area (Å²) < 4.78 is 63.3. The fourth-order valence-electron chi connectivity index (χ4n) is 3.70. The van der Waals surface area contributed by atoms with Crippen molar-refractivity contribution in [2.24, 2.45) is 5.92 Å². The number of aliphatic carboxylic acids is 1. The zero-order valence-corrected chi connectivity index (χ0v) is 17.5. The van der Waals surface area contributed by atoms with Crippen LogP contribution in [0, 0.1) is 5.92 Å². The fourth-order valence-corrected chi connectivity index (χ4v) is 5.44. The first kappa shape index (κ1) is 25.1. The maximum absolute atomic E-state index is 13.2.